The molecule has 0 aromatic carbocycles. The fourth-order valence-corrected chi connectivity index (χ4v) is 1.47. The molecule has 0 N–H and O–H groups in total. The number of rotatable bonds is 1. The minimum Gasteiger partial charge on any atom is -0.489 e. The fraction of sp³-hybridized carbons (Fsp3) is 0.571. The molecule has 0 atom stereocenters. The number of hydrogen-bond acceptors (Lipinski definition) is 2. The molecule has 0 saturated heterocycles. The average Bonchev–Trinajstić information content (AvgIpc) is 2.17. The smallest absolute Gasteiger partial charge is 0.489 e. The molecule has 0 aliphatic heterocycles. The third-order valence-electron chi connectivity index (χ3n) is 2.23. The Balaban J connectivity index is 0. The summed E-state index contributed by atoms with van der Waals surface area (Å²) in [6.07, 6.45) is 9.88. The van der Waals surface area contributed by atoms with Crippen molar-refractivity contribution >= 4 is 5.97 Å². The molecule has 0 aromatic rings. The number of esters is 1. The topological polar surface area (TPSA) is 26.3 Å². The summed E-state index contributed by atoms with van der Waals surface area (Å²) in [6.45, 7) is 11.8. The molecular weight excluding hydrogens is 239 g/mol. The van der Waals surface area contributed by atoms with Gasteiger partial charge in [-0.2, -0.15) is 11.6 Å². The molecule has 0 spiro atoms. The molecule has 1 rings (SSSR count). The van der Waals surface area contributed by atoms with Crippen molar-refractivity contribution in [3.8, 4) is 0 Å². The first-order valence-electron chi connectivity index (χ1n) is 5.62. The number of allylic oxidation sites excluding steroid dienone is 4. The number of carbonyl (C=O) groups is 1. The van der Waals surface area contributed by atoms with Gasteiger partial charge in [-0.3, -0.25) is 17.8 Å². The van der Waals surface area contributed by atoms with E-state index in [0.29, 0.717) is 12.0 Å². The Hall–Kier alpha value is 0.456. The molecule has 0 fully saturated rings. The van der Waals surface area contributed by atoms with Crippen molar-refractivity contribution in [2.45, 2.75) is 40.5 Å². The van der Waals surface area contributed by atoms with Crippen LogP contribution in [0, 0.1) is 18.4 Å². The molecule has 3 heteroatoms. The zero-order chi connectivity index (χ0) is 12.6. The van der Waals surface area contributed by atoms with Gasteiger partial charge in [0.15, 0.2) is 5.97 Å². The standard InChI is InChI=1S/C10H15.C4H7O2.K/c1-4-9-6-5-7-10(2,3)8-9;1-3-6-4(2)5;/h4,6H,7-8H2,1-3H3;2-3H2,1H3;/q2*-1;+1/b9-4+;;. The Morgan fingerprint density at radius 3 is 2.47 bits per heavy atom. The van der Waals surface area contributed by atoms with E-state index in [-0.39, 0.29) is 51.4 Å². The third-order valence-corrected chi connectivity index (χ3v) is 2.23. The maximum atomic E-state index is 9.71. The van der Waals surface area contributed by atoms with Crippen LogP contribution in [0.4, 0.5) is 0 Å². The van der Waals surface area contributed by atoms with Crippen molar-refractivity contribution < 1.29 is 60.9 Å². The van der Waals surface area contributed by atoms with Gasteiger partial charge in [-0.25, -0.2) is 6.08 Å². The molecule has 0 amide bonds. The molecule has 0 bridgehead atoms. The molecule has 0 unspecified atom stereocenters. The summed E-state index contributed by atoms with van der Waals surface area (Å²) >= 11 is 0. The first-order chi connectivity index (χ1) is 7.41. The van der Waals surface area contributed by atoms with Crippen LogP contribution >= 0.6 is 0 Å². The maximum absolute atomic E-state index is 9.71. The Morgan fingerprint density at radius 2 is 2.24 bits per heavy atom. The minimum absolute atomic E-state index is 0. The monoisotopic (exact) mass is 261 g/mol. The molecule has 1 aliphatic carbocycles. The summed E-state index contributed by atoms with van der Waals surface area (Å²) in [6, 6.07) is 0. The van der Waals surface area contributed by atoms with Crippen LogP contribution in [-0.2, 0) is 9.53 Å². The van der Waals surface area contributed by atoms with E-state index < -0.39 is 5.97 Å². The van der Waals surface area contributed by atoms with Crippen molar-refractivity contribution in [3.05, 3.63) is 30.7 Å². The maximum Gasteiger partial charge on any atom is 1.00 e. The number of carbonyl (C=O) groups excluding carboxylic acids is 1. The summed E-state index contributed by atoms with van der Waals surface area (Å²) in [5.74, 6) is -0.461. The zero-order valence-electron chi connectivity index (χ0n) is 11.8. The first-order valence-corrected chi connectivity index (χ1v) is 5.62. The quantitative estimate of drug-likeness (QED) is 0.390. The molecule has 2 nitrogen and oxygen atoms in total. The van der Waals surface area contributed by atoms with Gasteiger partial charge < -0.3 is 4.74 Å². The summed E-state index contributed by atoms with van der Waals surface area (Å²) in [5, 5.41) is 0. The number of ether oxygens (including phenoxy) is 1. The fourth-order valence-electron chi connectivity index (χ4n) is 1.47. The molecular formula is C14H22KO2-. The third kappa shape index (κ3) is 11.3. The van der Waals surface area contributed by atoms with Gasteiger partial charge in [0.2, 0.25) is 0 Å². The van der Waals surface area contributed by atoms with E-state index in [2.05, 4.69) is 50.7 Å². The summed E-state index contributed by atoms with van der Waals surface area (Å²) in [4.78, 5) is 9.71. The van der Waals surface area contributed by atoms with E-state index in [4.69, 9.17) is 0 Å². The van der Waals surface area contributed by atoms with Crippen molar-refractivity contribution in [2.24, 2.45) is 5.41 Å². The summed E-state index contributed by atoms with van der Waals surface area (Å²) in [5.41, 5.74) is 1.87. The van der Waals surface area contributed by atoms with Gasteiger partial charge in [-0.1, -0.05) is 32.6 Å². The van der Waals surface area contributed by atoms with E-state index in [1.54, 1.807) is 6.92 Å². The van der Waals surface area contributed by atoms with Crippen molar-refractivity contribution in [1.82, 2.24) is 0 Å². The zero-order valence-corrected chi connectivity index (χ0v) is 14.9. The Morgan fingerprint density at radius 1 is 1.65 bits per heavy atom. The van der Waals surface area contributed by atoms with Crippen LogP contribution < -0.4 is 51.4 Å². The van der Waals surface area contributed by atoms with E-state index >= 15 is 0 Å². The van der Waals surface area contributed by atoms with E-state index in [1.807, 2.05) is 0 Å². The van der Waals surface area contributed by atoms with Crippen LogP contribution in [0.15, 0.2) is 17.7 Å². The van der Waals surface area contributed by atoms with Gasteiger partial charge >= 0.3 is 51.4 Å². The molecule has 17 heavy (non-hydrogen) atoms. The van der Waals surface area contributed by atoms with E-state index in [0.717, 1.165) is 6.42 Å². The first kappa shape index (κ1) is 19.8. The van der Waals surface area contributed by atoms with Gasteiger partial charge in [-0.15, -0.1) is 6.42 Å². The van der Waals surface area contributed by atoms with E-state index in [9.17, 15) is 4.79 Å². The van der Waals surface area contributed by atoms with Gasteiger partial charge in [0, 0.05) is 0 Å². The Labute approximate surface area is 148 Å². The van der Waals surface area contributed by atoms with Crippen LogP contribution in [0.3, 0.4) is 0 Å². The van der Waals surface area contributed by atoms with Crippen LogP contribution in [0.5, 0.6) is 0 Å². The predicted molar refractivity (Wildman–Crippen MR) is 66.6 cm³/mol. The average molecular weight is 261 g/mol. The molecule has 0 heterocycles. The number of hydrogen-bond donors (Lipinski definition) is 0. The van der Waals surface area contributed by atoms with Crippen LogP contribution in [0.1, 0.15) is 40.5 Å². The van der Waals surface area contributed by atoms with Gasteiger partial charge in [0.25, 0.3) is 0 Å². The molecule has 1 aliphatic rings. The molecule has 0 aromatic heterocycles. The summed E-state index contributed by atoms with van der Waals surface area (Å²) in [7, 11) is 0. The Kier molecular flexibility index (Phi) is 12.1. The van der Waals surface area contributed by atoms with Crippen LogP contribution in [0.2, 0.25) is 0 Å². The van der Waals surface area contributed by atoms with Crippen molar-refractivity contribution in [3.63, 3.8) is 0 Å². The van der Waals surface area contributed by atoms with Crippen LogP contribution in [0.25, 0.3) is 0 Å². The van der Waals surface area contributed by atoms with Gasteiger partial charge in [-0.05, 0) is 6.92 Å². The van der Waals surface area contributed by atoms with Gasteiger partial charge in [0.1, 0.15) is 0 Å². The second kappa shape index (κ2) is 10.4. The normalized spacial score (nSPS) is 18.7. The van der Waals surface area contributed by atoms with Gasteiger partial charge in [0.05, 0.1) is 6.61 Å². The largest absolute Gasteiger partial charge is 1.00 e. The SMILES string of the molecule is C/C=C1\C=[C-]CC(C)(C)C1.[CH2-]C(=O)OCC.[K+]. The van der Waals surface area contributed by atoms with Crippen molar-refractivity contribution in [2.75, 3.05) is 6.61 Å². The molecule has 0 saturated carbocycles. The molecule has 92 valence electrons. The second-order valence-electron chi connectivity index (χ2n) is 4.53. The molecule has 0 radical (unpaired) electrons. The van der Waals surface area contributed by atoms with E-state index in [1.165, 1.54) is 12.0 Å². The second-order valence-corrected chi connectivity index (χ2v) is 4.53. The summed E-state index contributed by atoms with van der Waals surface area (Å²) < 4.78 is 4.29. The predicted octanol–water partition coefficient (Wildman–Crippen LogP) is 0.500. The minimum atomic E-state index is -0.461. The van der Waals surface area contributed by atoms with Crippen LogP contribution in [-0.4, -0.2) is 12.6 Å². The van der Waals surface area contributed by atoms with Crippen molar-refractivity contribution in [1.29, 1.82) is 0 Å². The Bertz CT molecular complexity index is 278.